The van der Waals surface area contributed by atoms with Crippen LogP contribution in [-0.2, 0) is 0 Å². The van der Waals surface area contributed by atoms with Gasteiger partial charge < -0.3 is 10.0 Å². The number of hydrogen-bond donors (Lipinski definition) is 2. The van der Waals surface area contributed by atoms with Crippen molar-refractivity contribution in [3.8, 4) is 0 Å². The van der Waals surface area contributed by atoms with Crippen molar-refractivity contribution in [2.75, 3.05) is 13.6 Å². The Hall–Kier alpha value is -1.88. The standard InChI is InChI=1S/C13H17N3O2/c1-9(17)7-8-16(2)13(18)12-10-5-3-4-6-11(10)14-15-12/h3-6,9,17H,7-8H2,1-2H3,(H,14,15). The van der Waals surface area contributed by atoms with Gasteiger partial charge in [0.1, 0.15) is 0 Å². The van der Waals surface area contributed by atoms with Crippen molar-refractivity contribution in [3.63, 3.8) is 0 Å². The summed E-state index contributed by atoms with van der Waals surface area (Å²) in [5.74, 6) is -0.131. The number of nitrogens with one attached hydrogen (secondary N) is 1. The van der Waals surface area contributed by atoms with E-state index in [4.69, 9.17) is 0 Å². The number of aromatic amines is 1. The number of aliphatic hydroxyl groups is 1. The van der Waals surface area contributed by atoms with Crippen LogP contribution in [0.2, 0.25) is 0 Å². The van der Waals surface area contributed by atoms with Gasteiger partial charge in [-0.3, -0.25) is 9.89 Å². The zero-order valence-corrected chi connectivity index (χ0v) is 10.6. The van der Waals surface area contributed by atoms with Crippen molar-refractivity contribution < 1.29 is 9.90 Å². The van der Waals surface area contributed by atoms with Crippen LogP contribution in [0.3, 0.4) is 0 Å². The minimum Gasteiger partial charge on any atom is -0.393 e. The Morgan fingerprint density at radius 1 is 1.50 bits per heavy atom. The van der Waals surface area contributed by atoms with Gasteiger partial charge in [0.2, 0.25) is 0 Å². The number of amides is 1. The van der Waals surface area contributed by atoms with Crippen molar-refractivity contribution in [2.24, 2.45) is 0 Å². The first-order valence-electron chi connectivity index (χ1n) is 5.96. The molecular weight excluding hydrogens is 230 g/mol. The maximum atomic E-state index is 12.2. The highest BCUT2D eigenvalue weighted by molar-refractivity contribution is 6.04. The quantitative estimate of drug-likeness (QED) is 0.858. The summed E-state index contributed by atoms with van der Waals surface area (Å²) in [6.45, 7) is 2.22. The number of carbonyl (C=O) groups excluding carboxylic acids is 1. The zero-order chi connectivity index (χ0) is 13.1. The number of para-hydroxylation sites is 1. The number of H-pyrrole nitrogens is 1. The lowest BCUT2D eigenvalue weighted by molar-refractivity contribution is 0.0765. The average Bonchev–Trinajstić information content (AvgIpc) is 2.78. The van der Waals surface area contributed by atoms with Gasteiger partial charge in [0.05, 0.1) is 11.6 Å². The molecule has 1 heterocycles. The van der Waals surface area contributed by atoms with Crippen LogP contribution in [0, 0.1) is 0 Å². The molecule has 2 N–H and O–H groups in total. The summed E-state index contributed by atoms with van der Waals surface area (Å²) >= 11 is 0. The van der Waals surface area contributed by atoms with Crippen molar-refractivity contribution in [1.82, 2.24) is 15.1 Å². The Kier molecular flexibility index (Phi) is 3.62. The third-order valence-electron chi connectivity index (χ3n) is 2.90. The van der Waals surface area contributed by atoms with Gasteiger partial charge in [0, 0.05) is 19.0 Å². The van der Waals surface area contributed by atoms with E-state index in [0.717, 1.165) is 10.9 Å². The molecule has 0 saturated heterocycles. The molecule has 0 aliphatic carbocycles. The first-order valence-corrected chi connectivity index (χ1v) is 5.96. The highest BCUT2D eigenvalue weighted by atomic mass is 16.3. The second kappa shape index (κ2) is 5.18. The summed E-state index contributed by atoms with van der Waals surface area (Å²) in [4.78, 5) is 13.8. The third kappa shape index (κ3) is 2.51. The van der Waals surface area contributed by atoms with Crippen LogP contribution < -0.4 is 0 Å². The Morgan fingerprint density at radius 3 is 2.94 bits per heavy atom. The maximum absolute atomic E-state index is 12.2. The molecule has 2 rings (SSSR count). The highest BCUT2D eigenvalue weighted by Gasteiger charge is 2.17. The van der Waals surface area contributed by atoms with Crippen LogP contribution in [0.1, 0.15) is 23.8 Å². The first-order chi connectivity index (χ1) is 8.59. The normalized spacial score (nSPS) is 12.6. The summed E-state index contributed by atoms with van der Waals surface area (Å²) in [5.41, 5.74) is 1.28. The van der Waals surface area contributed by atoms with Crippen LogP contribution in [-0.4, -0.2) is 45.8 Å². The second-order valence-corrected chi connectivity index (χ2v) is 4.48. The average molecular weight is 247 g/mol. The van der Waals surface area contributed by atoms with Gasteiger partial charge in [0.15, 0.2) is 5.69 Å². The van der Waals surface area contributed by atoms with E-state index in [0.29, 0.717) is 18.7 Å². The maximum Gasteiger partial charge on any atom is 0.274 e. The molecule has 0 bridgehead atoms. The second-order valence-electron chi connectivity index (χ2n) is 4.48. The molecular formula is C13H17N3O2. The molecule has 0 radical (unpaired) electrons. The summed E-state index contributed by atoms with van der Waals surface area (Å²) in [6, 6.07) is 7.53. The molecule has 1 aromatic heterocycles. The van der Waals surface area contributed by atoms with Gasteiger partial charge in [0.25, 0.3) is 5.91 Å². The number of fused-ring (bicyclic) bond motifs is 1. The monoisotopic (exact) mass is 247 g/mol. The fourth-order valence-electron chi connectivity index (χ4n) is 1.79. The Morgan fingerprint density at radius 2 is 2.22 bits per heavy atom. The van der Waals surface area contributed by atoms with E-state index in [2.05, 4.69) is 10.2 Å². The molecule has 0 saturated carbocycles. The van der Waals surface area contributed by atoms with Crippen LogP contribution in [0.15, 0.2) is 24.3 Å². The predicted molar refractivity (Wildman–Crippen MR) is 69.4 cm³/mol. The van der Waals surface area contributed by atoms with Gasteiger partial charge in [-0.15, -0.1) is 0 Å². The molecule has 1 amide bonds. The van der Waals surface area contributed by atoms with Crippen molar-refractivity contribution >= 4 is 16.8 Å². The number of hydrogen-bond acceptors (Lipinski definition) is 3. The van der Waals surface area contributed by atoms with Crippen LogP contribution in [0.5, 0.6) is 0 Å². The highest BCUT2D eigenvalue weighted by Crippen LogP contribution is 2.16. The largest absolute Gasteiger partial charge is 0.393 e. The number of rotatable bonds is 4. The Balaban J connectivity index is 2.18. The summed E-state index contributed by atoms with van der Waals surface area (Å²) in [5, 5.41) is 17.0. The zero-order valence-electron chi connectivity index (χ0n) is 10.6. The molecule has 18 heavy (non-hydrogen) atoms. The van der Waals surface area contributed by atoms with Gasteiger partial charge in [-0.25, -0.2) is 0 Å². The number of aliphatic hydroxyl groups excluding tert-OH is 1. The van der Waals surface area contributed by atoms with Crippen molar-refractivity contribution in [2.45, 2.75) is 19.4 Å². The van der Waals surface area contributed by atoms with Crippen LogP contribution in [0.4, 0.5) is 0 Å². The van der Waals surface area contributed by atoms with E-state index < -0.39 is 6.10 Å². The number of benzene rings is 1. The molecule has 5 heteroatoms. The fraction of sp³-hybridized carbons (Fsp3) is 0.385. The smallest absolute Gasteiger partial charge is 0.274 e. The molecule has 2 aromatic rings. The predicted octanol–water partition coefficient (Wildman–Crippen LogP) is 1.41. The molecule has 5 nitrogen and oxygen atoms in total. The minimum atomic E-state index is -0.406. The lowest BCUT2D eigenvalue weighted by Crippen LogP contribution is -2.29. The van der Waals surface area contributed by atoms with Crippen LogP contribution in [0.25, 0.3) is 10.9 Å². The van der Waals surface area contributed by atoms with Gasteiger partial charge in [-0.05, 0) is 19.4 Å². The van der Waals surface area contributed by atoms with E-state index >= 15 is 0 Å². The molecule has 0 spiro atoms. The van der Waals surface area contributed by atoms with Gasteiger partial charge in [-0.2, -0.15) is 5.10 Å². The number of aromatic nitrogens is 2. The number of carbonyl (C=O) groups is 1. The molecule has 0 aliphatic rings. The third-order valence-corrected chi connectivity index (χ3v) is 2.90. The summed E-state index contributed by atoms with van der Waals surface area (Å²) in [6.07, 6.45) is 0.154. The fourth-order valence-corrected chi connectivity index (χ4v) is 1.79. The number of nitrogens with zero attached hydrogens (tertiary/aromatic N) is 2. The van der Waals surface area contributed by atoms with Crippen molar-refractivity contribution in [1.29, 1.82) is 0 Å². The van der Waals surface area contributed by atoms with E-state index in [1.807, 2.05) is 24.3 Å². The van der Waals surface area contributed by atoms with E-state index in [9.17, 15) is 9.90 Å². The van der Waals surface area contributed by atoms with E-state index in [1.54, 1.807) is 18.9 Å². The molecule has 1 unspecified atom stereocenters. The summed E-state index contributed by atoms with van der Waals surface area (Å²) < 4.78 is 0. The summed E-state index contributed by atoms with van der Waals surface area (Å²) in [7, 11) is 1.72. The lowest BCUT2D eigenvalue weighted by Gasteiger charge is -2.16. The van der Waals surface area contributed by atoms with Crippen molar-refractivity contribution in [3.05, 3.63) is 30.0 Å². The molecule has 1 aromatic carbocycles. The van der Waals surface area contributed by atoms with Crippen LogP contribution >= 0.6 is 0 Å². The van der Waals surface area contributed by atoms with E-state index in [-0.39, 0.29) is 5.91 Å². The molecule has 0 fully saturated rings. The SMILES string of the molecule is CC(O)CCN(C)C(=O)c1n[nH]c2ccccc12. The van der Waals surface area contributed by atoms with E-state index in [1.165, 1.54) is 0 Å². The molecule has 1 atom stereocenters. The Labute approximate surface area is 105 Å². The molecule has 0 aliphatic heterocycles. The Bertz CT molecular complexity index is 548. The lowest BCUT2D eigenvalue weighted by atomic mass is 10.2. The van der Waals surface area contributed by atoms with Gasteiger partial charge >= 0.3 is 0 Å². The minimum absolute atomic E-state index is 0.131. The topological polar surface area (TPSA) is 69.2 Å². The van der Waals surface area contributed by atoms with Gasteiger partial charge in [-0.1, -0.05) is 18.2 Å². The molecule has 96 valence electrons. The first kappa shape index (κ1) is 12.6.